The Morgan fingerprint density at radius 3 is 2.75 bits per heavy atom. The number of hydrogen-bond donors (Lipinski definition) is 1. The smallest absolute Gasteiger partial charge is 0.193 e. The highest BCUT2D eigenvalue weighted by Gasteiger charge is 2.06. The summed E-state index contributed by atoms with van der Waals surface area (Å²) in [5.41, 5.74) is 0. The molecule has 0 radical (unpaired) electrons. The molecule has 92 valence electrons. The molecular weight excluding hydrogens is 222 g/mol. The molecule has 0 amide bonds. The second-order valence-electron chi connectivity index (χ2n) is 4.25. The fourth-order valence-electron chi connectivity index (χ4n) is 1.79. The SMILES string of the molecule is CCCCC(CC)CNCc1ccc(Cl)o1. The monoisotopic (exact) mass is 243 g/mol. The van der Waals surface area contributed by atoms with Crippen molar-refractivity contribution < 1.29 is 4.42 Å². The van der Waals surface area contributed by atoms with E-state index in [4.69, 9.17) is 16.0 Å². The second-order valence-corrected chi connectivity index (χ2v) is 4.63. The van der Waals surface area contributed by atoms with Gasteiger partial charge >= 0.3 is 0 Å². The molecule has 1 aromatic rings. The van der Waals surface area contributed by atoms with Crippen LogP contribution in [0.1, 0.15) is 45.3 Å². The maximum absolute atomic E-state index is 5.70. The fourth-order valence-corrected chi connectivity index (χ4v) is 1.95. The summed E-state index contributed by atoms with van der Waals surface area (Å²) in [7, 11) is 0. The van der Waals surface area contributed by atoms with Gasteiger partial charge in [-0.25, -0.2) is 0 Å². The zero-order valence-electron chi connectivity index (χ0n) is 10.3. The van der Waals surface area contributed by atoms with Crippen LogP contribution in [0.15, 0.2) is 16.5 Å². The summed E-state index contributed by atoms with van der Waals surface area (Å²) in [5, 5.41) is 3.89. The van der Waals surface area contributed by atoms with Crippen LogP contribution in [0.5, 0.6) is 0 Å². The molecule has 1 rings (SSSR count). The molecule has 0 aliphatic rings. The van der Waals surface area contributed by atoms with E-state index in [1.165, 1.54) is 25.7 Å². The van der Waals surface area contributed by atoms with Gasteiger partial charge in [-0.15, -0.1) is 0 Å². The number of furan rings is 1. The molecule has 3 heteroatoms. The number of halogens is 1. The number of nitrogens with one attached hydrogen (secondary N) is 1. The Morgan fingerprint density at radius 2 is 2.19 bits per heavy atom. The van der Waals surface area contributed by atoms with Gasteiger partial charge in [0.15, 0.2) is 5.22 Å². The first kappa shape index (κ1) is 13.6. The van der Waals surface area contributed by atoms with Crippen molar-refractivity contribution in [2.24, 2.45) is 5.92 Å². The molecule has 0 spiro atoms. The topological polar surface area (TPSA) is 25.2 Å². The lowest BCUT2D eigenvalue weighted by atomic mass is 9.99. The summed E-state index contributed by atoms with van der Waals surface area (Å²) in [6.45, 7) is 6.33. The minimum atomic E-state index is 0.467. The molecular formula is C13H22ClNO. The van der Waals surface area contributed by atoms with Gasteiger partial charge in [-0.2, -0.15) is 0 Å². The van der Waals surface area contributed by atoms with E-state index in [1.54, 1.807) is 6.07 Å². The highest BCUT2D eigenvalue weighted by Crippen LogP contribution is 2.14. The predicted octanol–water partition coefficient (Wildman–Crippen LogP) is 4.24. The minimum absolute atomic E-state index is 0.467. The second kappa shape index (κ2) is 7.75. The average molecular weight is 244 g/mol. The zero-order valence-corrected chi connectivity index (χ0v) is 11.0. The Bertz CT molecular complexity index is 285. The van der Waals surface area contributed by atoms with Gasteiger partial charge in [0.2, 0.25) is 0 Å². The zero-order chi connectivity index (χ0) is 11.8. The highest BCUT2D eigenvalue weighted by molar-refractivity contribution is 6.28. The molecule has 0 aliphatic carbocycles. The first-order valence-corrected chi connectivity index (χ1v) is 6.59. The summed E-state index contributed by atoms with van der Waals surface area (Å²) in [4.78, 5) is 0. The van der Waals surface area contributed by atoms with Gasteiger partial charge < -0.3 is 9.73 Å². The minimum Gasteiger partial charge on any atom is -0.448 e. The summed E-state index contributed by atoms with van der Waals surface area (Å²) in [5.74, 6) is 1.70. The van der Waals surface area contributed by atoms with Crippen molar-refractivity contribution in [1.82, 2.24) is 5.32 Å². The van der Waals surface area contributed by atoms with E-state index in [9.17, 15) is 0 Å². The van der Waals surface area contributed by atoms with E-state index >= 15 is 0 Å². The van der Waals surface area contributed by atoms with Crippen molar-refractivity contribution in [3.05, 3.63) is 23.1 Å². The summed E-state index contributed by atoms with van der Waals surface area (Å²) in [6, 6.07) is 3.70. The average Bonchev–Trinajstić information content (AvgIpc) is 2.69. The lowest BCUT2D eigenvalue weighted by Gasteiger charge is -2.14. The van der Waals surface area contributed by atoms with Crippen molar-refractivity contribution in [2.45, 2.75) is 46.1 Å². The summed E-state index contributed by atoms with van der Waals surface area (Å²) in [6.07, 6.45) is 5.17. The maximum Gasteiger partial charge on any atom is 0.193 e. The fraction of sp³-hybridized carbons (Fsp3) is 0.692. The van der Waals surface area contributed by atoms with Crippen molar-refractivity contribution in [1.29, 1.82) is 0 Å². The third-order valence-electron chi connectivity index (χ3n) is 2.90. The van der Waals surface area contributed by atoms with Crippen LogP contribution in [0.2, 0.25) is 5.22 Å². The lowest BCUT2D eigenvalue weighted by Crippen LogP contribution is -2.21. The van der Waals surface area contributed by atoms with Crippen molar-refractivity contribution in [3.8, 4) is 0 Å². The first-order valence-electron chi connectivity index (χ1n) is 6.21. The molecule has 1 N–H and O–H groups in total. The van der Waals surface area contributed by atoms with Crippen LogP contribution in [0.4, 0.5) is 0 Å². The van der Waals surface area contributed by atoms with Crippen LogP contribution in [0, 0.1) is 5.92 Å². The molecule has 1 aromatic heterocycles. The van der Waals surface area contributed by atoms with E-state index in [1.807, 2.05) is 6.07 Å². The molecule has 0 aromatic carbocycles. The van der Waals surface area contributed by atoms with Crippen molar-refractivity contribution in [2.75, 3.05) is 6.54 Å². The molecule has 1 heterocycles. The molecule has 0 bridgehead atoms. The van der Waals surface area contributed by atoms with Crippen LogP contribution in [-0.4, -0.2) is 6.54 Å². The Morgan fingerprint density at radius 1 is 1.38 bits per heavy atom. The molecule has 1 unspecified atom stereocenters. The predicted molar refractivity (Wildman–Crippen MR) is 68.7 cm³/mol. The summed E-state index contributed by atoms with van der Waals surface area (Å²) >= 11 is 5.70. The van der Waals surface area contributed by atoms with Gasteiger partial charge in [-0.05, 0) is 42.6 Å². The van der Waals surface area contributed by atoms with Crippen molar-refractivity contribution in [3.63, 3.8) is 0 Å². The van der Waals surface area contributed by atoms with Gasteiger partial charge in [0, 0.05) is 0 Å². The van der Waals surface area contributed by atoms with E-state index in [-0.39, 0.29) is 0 Å². The van der Waals surface area contributed by atoms with Gasteiger partial charge in [0.05, 0.1) is 6.54 Å². The lowest BCUT2D eigenvalue weighted by molar-refractivity contribution is 0.402. The van der Waals surface area contributed by atoms with E-state index in [0.29, 0.717) is 5.22 Å². The molecule has 0 saturated carbocycles. The Balaban J connectivity index is 2.17. The molecule has 0 aliphatic heterocycles. The normalized spacial score (nSPS) is 12.9. The number of hydrogen-bond acceptors (Lipinski definition) is 2. The standard InChI is InChI=1S/C13H22ClNO/c1-3-5-6-11(4-2)9-15-10-12-7-8-13(14)16-12/h7-8,11,15H,3-6,9-10H2,1-2H3. The van der Waals surface area contributed by atoms with Crippen molar-refractivity contribution >= 4 is 11.6 Å². The van der Waals surface area contributed by atoms with E-state index in [2.05, 4.69) is 19.2 Å². The van der Waals surface area contributed by atoms with E-state index in [0.717, 1.165) is 24.8 Å². The van der Waals surface area contributed by atoms with Crippen LogP contribution in [0.3, 0.4) is 0 Å². The summed E-state index contributed by atoms with van der Waals surface area (Å²) < 4.78 is 5.28. The number of rotatable bonds is 8. The van der Waals surface area contributed by atoms with Crippen LogP contribution in [0.25, 0.3) is 0 Å². The van der Waals surface area contributed by atoms with Crippen LogP contribution < -0.4 is 5.32 Å². The van der Waals surface area contributed by atoms with Gasteiger partial charge in [0.25, 0.3) is 0 Å². The van der Waals surface area contributed by atoms with Gasteiger partial charge in [-0.1, -0.05) is 33.1 Å². The molecule has 16 heavy (non-hydrogen) atoms. The Labute approximate surface area is 103 Å². The van der Waals surface area contributed by atoms with Gasteiger partial charge in [-0.3, -0.25) is 0 Å². The highest BCUT2D eigenvalue weighted by atomic mass is 35.5. The molecule has 1 atom stereocenters. The third kappa shape index (κ3) is 5.04. The molecule has 0 fully saturated rings. The van der Waals surface area contributed by atoms with Crippen LogP contribution in [-0.2, 0) is 6.54 Å². The molecule has 2 nitrogen and oxygen atoms in total. The van der Waals surface area contributed by atoms with E-state index < -0.39 is 0 Å². The number of unbranched alkanes of at least 4 members (excludes halogenated alkanes) is 1. The van der Waals surface area contributed by atoms with Crippen LogP contribution >= 0.6 is 11.6 Å². The maximum atomic E-state index is 5.70. The quantitative estimate of drug-likeness (QED) is 0.739. The molecule has 0 saturated heterocycles. The Hall–Kier alpha value is -0.470. The third-order valence-corrected chi connectivity index (χ3v) is 3.11. The largest absolute Gasteiger partial charge is 0.448 e. The first-order chi connectivity index (χ1) is 7.76. The van der Waals surface area contributed by atoms with Gasteiger partial charge in [0.1, 0.15) is 5.76 Å². The Kier molecular flexibility index (Phi) is 6.58.